The maximum atomic E-state index is 11.5. The first-order valence-corrected chi connectivity index (χ1v) is 6.01. The van der Waals surface area contributed by atoms with Gasteiger partial charge in [0.1, 0.15) is 12.2 Å². The molecule has 5 nitrogen and oxygen atoms in total. The van der Waals surface area contributed by atoms with E-state index >= 15 is 0 Å². The highest BCUT2D eigenvalue weighted by Gasteiger charge is 2.02. The van der Waals surface area contributed by atoms with Gasteiger partial charge in [0.2, 0.25) is 0 Å². The molecule has 0 atom stereocenters. The first-order valence-electron chi connectivity index (χ1n) is 6.01. The molecule has 1 heterocycles. The predicted octanol–water partition coefficient (Wildman–Crippen LogP) is 2.05. The summed E-state index contributed by atoms with van der Waals surface area (Å²) in [6.07, 6.45) is 2.83. The van der Waals surface area contributed by atoms with E-state index in [1.165, 1.54) is 6.33 Å². The van der Waals surface area contributed by atoms with E-state index in [4.69, 9.17) is 0 Å². The number of ketones is 1. The molecule has 0 aliphatic heterocycles. The zero-order valence-corrected chi connectivity index (χ0v) is 10.3. The number of carbonyl (C=O) groups is 1. The fourth-order valence-electron chi connectivity index (χ4n) is 1.65. The molecule has 2 aromatic rings. The highest BCUT2D eigenvalue weighted by atomic mass is 16.1. The number of hydrogen-bond acceptors (Lipinski definition) is 4. The van der Waals surface area contributed by atoms with Gasteiger partial charge in [-0.2, -0.15) is 5.10 Å². The highest BCUT2D eigenvalue weighted by molar-refractivity contribution is 5.96. The summed E-state index contributed by atoms with van der Waals surface area (Å²) in [6, 6.07) is 7.54. The first-order chi connectivity index (χ1) is 8.79. The number of nitrogens with zero attached hydrogens (tertiary/aromatic N) is 2. The van der Waals surface area contributed by atoms with Crippen LogP contribution in [0.15, 0.2) is 30.6 Å². The van der Waals surface area contributed by atoms with Crippen LogP contribution in [-0.2, 0) is 6.42 Å². The Kier molecular flexibility index (Phi) is 4.06. The Bertz CT molecular complexity index is 490. The molecule has 0 unspecified atom stereocenters. The standard InChI is InChI=1S/C13H16N4O/c1-2-12(18)10-3-5-11(6-4-10)14-8-7-13-15-9-16-17-13/h3-6,9,14H,2,7-8H2,1H3,(H,15,16,17). The number of nitrogens with one attached hydrogen (secondary N) is 2. The topological polar surface area (TPSA) is 70.7 Å². The quantitative estimate of drug-likeness (QED) is 0.763. The summed E-state index contributed by atoms with van der Waals surface area (Å²) in [5.41, 5.74) is 1.76. The van der Waals surface area contributed by atoms with Crippen LogP contribution in [0.1, 0.15) is 29.5 Å². The molecule has 0 saturated heterocycles. The summed E-state index contributed by atoms with van der Waals surface area (Å²) in [4.78, 5) is 15.5. The lowest BCUT2D eigenvalue weighted by Crippen LogP contribution is -2.06. The van der Waals surface area contributed by atoms with Gasteiger partial charge in [0.15, 0.2) is 5.78 Å². The Morgan fingerprint density at radius 1 is 1.33 bits per heavy atom. The van der Waals surface area contributed by atoms with E-state index in [0.717, 1.165) is 30.0 Å². The van der Waals surface area contributed by atoms with Gasteiger partial charge in [-0.25, -0.2) is 4.98 Å². The van der Waals surface area contributed by atoms with E-state index < -0.39 is 0 Å². The number of anilines is 1. The minimum atomic E-state index is 0.170. The van der Waals surface area contributed by atoms with Gasteiger partial charge in [-0.1, -0.05) is 6.92 Å². The Balaban J connectivity index is 1.85. The van der Waals surface area contributed by atoms with E-state index in [1.54, 1.807) is 0 Å². The molecule has 18 heavy (non-hydrogen) atoms. The number of aromatic nitrogens is 3. The van der Waals surface area contributed by atoms with E-state index in [9.17, 15) is 4.79 Å². The molecule has 0 aliphatic carbocycles. The van der Waals surface area contributed by atoms with Crippen molar-refractivity contribution in [2.24, 2.45) is 0 Å². The lowest BCUT2D eigenvalue weighted by atomic mass is 10.1. The van der Waals surface area contributed by atoms with Crippen LogP contribution in [-0.4, -0.2) is 27.5 Å². The smallest absolute Gasteiger partial charge is 0.162 e. The van der Waals surface area contributed by atoms with Crippen LogP contribution in [0.25, 0.3) is 0 Å². The third kappa shape index (κ3) is 3.16. The molecule has 0 amide bonds. The van der Waals surface area contributed by atoms with Crippen molar-refractivity contribution in [3.63, 3.8) is 0 Å². The second-order valence-corrected chi connectivity index (χ2v) is 3.96. The Labute approximate surface area is 106 Å². The van der Waals surface area contributed by atoms with Crippen LogP contribution in [0.4, 0.5) is 5.69 Å². The highest BCUT2D eigenvalue weighted by Crippen LogP contribution is 2.11. The van der Waals surface area contributed by atoms with Crippen molar-refractivity contribution in [2.75, 3.05) is 11.9 Å². The van der Waals surface area contributed by atoms with Gasteiger partial charge in [-0.3, -0.25) is 9.89 Å². The molecular weight excluding hydrogens is 228 g/mol. The van der Waals surface area contributed by atoms with Gasteiger partial charge in [-0.05, 0) is 24.3 Å². The van der Waals surface area contributed by atoms with Gasteiger partial charge in [-0.15, -0.1) is 0 Å². The van der Waals surface area contributed by atoms with Crippen molar-refractivity contribution < 1.29 is 4.79 Å². The number of hydrogen-bond donors (Lipinski definition) is 2. The van der Waals surface area contributed by atoms with Crippen molar-refractivity contribution in [2.45, 2.75) is 19.8 Å². The van der Waals surface area contributed by atoms with E-state index in [2.05, 4.69) is 20.5 Å². The van der Waals surface area contributed by atoms with Crippen LogP contribution in [0, 0.1) is 0 Å². The van der Waals surface area contributed by atoms with Gasteiger partial charge >= 0.3 is 0 Å². The molecule has 1 aromatic heterocycles. The van der Waals surface area contributed by atoms with Crippen LogP contribution < -0.4 is 5.32 Å². The molecule has 0 spiro atoms. The van der Waals surface area contributed by atoms with Crippen molar-refractivity contribution >= 4 is 11.5 Å². The second kappa shape index (κ2) is 5.95. The Morgan fingerprint density at radius 2 is 2.11 bits per heavy atom. The largest absolute Gasteiger partial charge is 0.385 e. The molecule has 0 aliphatic rings. The van der Waals surface area contributed by atoms with Gasteiger partial charge in [0.25, 0.3) is 0 Å². The van der Waals surface area contributed by atoms with Crippen LogP contribution >= 0.6 is 0 Å². The Hall–Kier alpha value is -2.17. The summed E-state index contributed by atoms with van der Waals surface area (Å²) in [7, 11) is 0. The number of Topliss-reactive ketones (excluding diaryl/α,β-unsaturated/α-hetero) is 1. The second-order valence-electron chi connectivity index (χ2n) is 3.96. The third-order valence-corrected chi connectivity index (χ3v) is 2.68. The number of carbonyl (C=O) groups excluding carboxylic acids is 1. The number of rotatable bonds is 6. The SMILES string of the molecule is CCC(=O)c1ccc(NCCc2ncn[nH]2)cc1. The molecule has 2 N–H and O–H groups in total. The average Bonchev–Trinajstić information content (AvgIpc) is 2.92. The molecule has 1 aromatic carbocycles. The van der Waals surface area contributed by atoms with Crippen LogP contribution in [0.3, 0.4) is 0 Å². The monoisotopic (exact) mass is 244 g/mol. The van der Waals surface area contributed by atoms with Crippen molar-refractivity contribution in [1.82, 2.24) is 15.2 Å². The summed E-state index contributed by atoms with van der Waals surface area (Å²) >= 11 is 0. The van der Waals surface area contributed by atoms with Crippen LogP contribution in [0.2, 0.25) is 0 Å². The number of benzene rings is 1. The summed E-state index contributed by atoms with van der Waals surface area (Å²) in [6.45, 7) is 2.64. The van der Waals surface area contributed by atoms with Gasteiger partial charge in [0, 0.05) is 30.6 Å². The molecular formula is C13H16N4O. The molecule has 0 bridgehead atoms. The lowest BCUT2D eigenvalue weighted by Gasteiger charge is -2.05. The summed E-state index contributed by atoms with van der Waals surface area (Å²) < 4.78 is 0. The number of H-pyrrole nitrogens is 1. The molecule has 94 valence electrons. The zero-order chi connectivity index (χ0) is 12.8. The molecule has 2 rings (SSSR count). The maximum Gasteiger partial charge on any atom is 0.162 e. The summed E-state index contributed by atoms with van der Waals surface area (Å²) in [5, 5.41) is 9.86. The fourth-order valence-corrected chi connectivity index (χ4v) is 1.65. The molecule has 5 heteroatoms. The lowest BCUT2D eigenvalue weighted by molar-refractivity contribution is 0.0988. The van der Waals surface area contributed by atoms with Crippen molar-refractivity contribution in [1.29, 1.82) is 0 Å². The van der Waals surface area contributed by atoms with E-state index in [1.807, 2.05) is 31.2 Å². The fraction of sp³-hybridized carbons (Fsp3) is 0.308. The minimum absolute atomic E-state index is 0.170. The third-order valence-electron chi connectivity index (χ3n) is 2.68. The average molecular weight is 244 g/mol. The predicted molar refractivity (Wildman–Crippen MR) is 69.6 cm³/mol. The first kappa shape index (κ1) is 12.3. The van der Waals surface area contributed by atoms with Gasteiger partial charge < -0.3 is 5.32 Å². The minimum Gasteiger partial charge on any atom is -0.385 e. The molecule has 0 radical (unpaired) electrons. The zero-order valence-electron chi connectivity index (χ0n) is 10.3. The normalized spacial score (nSPS) is 10.3. The van der Waals surface area contributed by atoms with Gasteiger partial charge in [0.05, 0.1) is 0 Å². The van der Waals surface area contributed by atoms with E-state index in [-0.39, 0.29) is 5.78 Å². The molecule has 0 saturated carbocycles. The van der Waals surface area contributed by atoms with Crippen molar-refractivity contribution in [3.8, 4) is 0 Å². The molecule has 0 fully saturated rings. The Morgan fingerprint density at radius 3 is 2.72 bits per heavy atom. The van der Waals surface area contributed by atoms with Crippen molar-refractivity contribution in [3.05, 3.63) is 42.0 Å². The summed E-state index contributed by atoms with van der Waals surface area (Å²) in [5.74, 6) is 1.03. The van der Waals surface area contributed by atoms with E-state index in [0.29, 0.717) is 6.42 Å². The number of aromatic amines is 1. The maximum absolute atomic E-state index is 11.5. The van der Waals surface area contributed by atoms with Crippen LogP contribution in [0.5, 0.6) is 0 Å².